The number of rotatable bonds is 6. The molecule has 0 saturated carbocycles. The third-order valence-corrected chi connectivity index (χ3v) is 3.51. The van der Waals surface area contributed by atoms with Crippen LogP contribution in [0.1, 0.15) is 6.92 Å². The minimum Gasteiger partial charge on any atom is -0.465 e. The Morgan fingerprint density at radius 1 is 1.00 bits per heavy atom. The van der Waals surface area contributed by atoms with Gasteiger partial charge < -0.3 is 19.8 Å². The van der Waals surface area contributed by atoms with Gasteiger partial charge >= 0.3 is 12.0 Å². The lowest BCUT2D eigenvalue weighted by Gasteiger charge is -2.07. The molecule has 2 aromatic carbocycles. The largest absolute Gasteiger partial charge is 0.465 e. The van der Waals surface area contributed by atoms with Gasteiger partial charge in [-0.1, -0.05) is 24.3 Å². The highest BCUT2D eigenvalue weighted by atomic mass is 16.5. The van der Waals surface area contributed by atoms with E-state index in [1.807, 2.05) is 30.3 Å². The number of esters is 1. The van der Waals surface area contributed by atoms with Crippen LogP contribution in [0.5, 0.6) is 0 Å². The van der Waals surface area contributed by atoms with Gasteiger partial charge in [-0.2, -0.15) is 0 Å². The molecule has 0 saturated heterocycles. The maximum Gasteiger partial charge on any atom is 0.325 e. The van der Waals surface area contributed by atoms with E-state index in [9.17, 15) is 9.59 Å². The quantitative estimate of drug-likeness (QED) is 0.649. The van der Waals surface area contributed by atoms with Gasteiger partial charge in [-0.25, -0.2) is 4.79 Å². The summed E-state index contributed by atoms with van der Waals surface area (Å²) in [5, 5.41) is 13.2. The van der Waals surface area contributed by atoms with Crippen LogP contribution < -0.4 is 10.6 Å². The van der Waals surface area contributed by atoms with Crippen molar-refractivity contribution in [3.8, 4) is 22.9 Å². The number of hydrogen-bond donors (Lipinski definition) is 2. The molecule has 0 bridgehead atoms. The van der Waals surface area contributed by atoms with Crippen LogP contribution in [0.2, 0.25) is 0 Å². The van der Waals surface area contributed by atoms with E-state index in [-0.39, 0.29) is 13.2 Å². The molecular formula is C19H18N4O4. The molecule has 2 amide bonds. The van der Waals surface area contributed by atoms with E-state index in [0.29, 0.717) is 23.0 Å². The molecule has 2 N–H and O–H groups in total. The number of nitrogens with zero attached hydrogens (tertiary/aromatic N) is 2. The number of nitrogens with one attached hydrogen (secondary N) is 2. The van der Waals surface area contributed by atoms with Crippen molar-refractivity contribution < 1.29 is 18.7 Å². The highest BCUT2D eigenvalue weighted by Gasteiger charge is 2.12. The van der Waals surface area contributed by atoms with Gasteiger partial charge in [-0.15, -0.1) is 10.2 Å². The Balaban J connectivity index is 1.66. The van der Waals surface area contributed by atoms with Crippen molar-refractivity contribution in [2.24, 2.45) is 0 Å². The lowest BCUT2D eigenvalue weighted by molar-refractivity contribution is -0.141. The van der Waals surface area contributed by atoms with Crippen molar-refractivity contribution in [3.63, 3.8) is 0 Å². The maximum absolute atomic E-state index is 11.9. The number of urea groups is 1. The maximum atomic E-state index is 11.9. The Bertz CT molecular complexity index is 924. The summed E-state index contributed by atoms with van der Waals surface area (Å²) in [6.07, 6.45) is 0. The molecular weight excluding hydrogens is 348 g/mol. The average molecular weight is 366 g/mol. The fraction of sp³-hybridized carbons (Fsp3) is 0.158. The molecule has 0 aliphatic rings. The SMILES string of the molecule is CCOC(=O)CNC(=O)Nc1cccc(-c2nnc(-c3ccccc3)o2)c1. The highest BCUT2D eigenvalue weighted by Crippen LogP contribution is 2.25. The van der Waals surface area contributed by atoms with Crippen LogP contribution in [-0.2, 0) is 9.53 Å². The Kier molecular flexibility index (Phi) is 5.78. The van der Waals surface area contributed by atoms with E-state index in [2.05, 4.69) is 20.8 Å². The van der Waals surface area contributed by atoms with Gasteiger partial charge in [0.2, 0.25) is 11.8 Å². The number of carbonyl (C=O) groups excluding carboxylic acids is 2. The first-order valence-electron chi connectivity index (χ1n) is 8.35. The number of anilines is 1. The molecule has 0 aliphatic heterocycles. The van der Waals surface area contributed by atoms with Gasteiger partial charge in [0.1, 0.15) is 6.54 Å². The molecule has 3 rings (SSSR count). The van der Waals surface area contributed by atoms with Gasteiger partial charge in [-0.05, 0) is 37.3 Å². The molecule has 0 spiro atoms. The van der Waals surface area contributed by atoms with E-state index < -0.39 is 12.0 Å². The first-order chi connectivity index (χ1) is 13.2. The third-order valence-electron chi connectivity index (χ3n) is 3.51. The van der Waals surface area contributed by atoms with E-state index in [1.54, 1.807) is 31.2 Å². The standard InChI is InChI=1S/C19H18N4O4/c1-2-26-16(24)12-20-19(25)21-15-10-6-9-14(11-15)18-23-22-17(27-18)13-7-4-3-5-8-13/h3-11H,2,12H2,1H3,(H2,20,21,25). The second-order valence-corrected chi connectivity index (χ2v) is 5.47. The zero-order valence-electron chi connectivity index (χ0n) is 14.6. The van der Waals surface area contributed by atoms with Gasteiger partial charge in [-0.3, -0.25) is 4.79 Å². The van der Waals surface area contributed by atoms with Gasteiger partial charge in [0.05, 0.1) is 6.61 Å². The Labute approximate surface area is 155 Å². The second kappa shape index (κ2) is 8.61. The van der Waals surface area contributed by atoms with Crippen LogP contribution in [0.25, 0.3) is 22.9 Å². The first kappa shape index (κ1) is 18.1. The topological polar surface area (TPSA) is 106 Å². The van der Waals surface area contributed by atoms with E-state index in [4.69, 9.17) is 9.15 Å². The normalized spacial score (nSPS) is 10.3. The Morgan fingerprint density at radius 3 is 2.44 bits per heavy atom. The number of carbonyl (C=O) groups is 2. The third kappa shape index (κ3) is 4.91. The van der Waals surface area contributed by atoms with E-state index in [1.165, 1.54) is 0 Å². The molecule has 27 heavy (non-hydrogen) atoms. The van der Waals surface area contributed by atoms with Gasteiger partial charge in [0.25, 0.3) is 0 Å². The van der Waals surface area contributed by atoms with Crippen molar-refractivity contribution in [2.45, 2.75) is 6.92 Å². The van der Waals surface area contributed by atoms with Crippen molar-refractivity contribution in [3.05, 3.63) is 54.6 Å². The Hall–Kier alpha value is -3.68. The van der Waals surface area contributed by atoms with Crippen molar-refractivity contribution in [2.75, 3.05) is 18.5 Å². The second-order valence-electron chi connectivity index (χ2n) is 5.47. The molecule has 138 valence electrons. The van der Waals surface area contributed by atoms with Crippen molar-refractivity contribution in [1.29, 1.82) is 0 Å². The summed E-state index contributed by atoms with van der Waals surface area (Å²) in [4.78, 5) is 23.1. The number of amides is 2. The smallest absolute Gasteiger partial charge is 0.325 e. The van der Waals surface area contributed by atoms with Crippen LogP contribution in [0.3, 0.4) is 0 Å². The van der Waals surface area contributed by atoms with Gasteiger partial charge in [0, 0.05) is 16.8 Å². The highest BCUT2D eigenvalue weighted by molar-refractivity contribution is 5.91. The fourth-order valence-electron chi connectivity index (χ4n) is 2.31. The molecule has 0 fully saturated rings. The fourth-order valence-corrected chi connectivity index (χ4v) is 2.31. The minimum atomic E-state index is -0.518. The zero-order valence-corrected chi connectivity index (χ0v) is 14.6. The molecule has 3 aromatic rings. The minimum absolute atomic E-state index is 0.205. The summed E-state index contributed by atoms with van der Waals surface area (Å²) in [5.41, 5.74) is 2.00. The first-order valence-corrected chi connectivity index (χ1v) is 8.35. The number of aromatic nitrogens is 2. The van der Waals surface area contributed by atoms with Crippen molar-refractivity contribution >= 4 is 17.7 Å². The Morgan fingerprint density at radius 2 is 1.70 bits per heavy atom. The monoisotopic (exact) mass is 366 g/mol. The van der Waals surface area contributed by atoms with Crippen LogP contribution >= 0.6 is 0 Å². The average Bonchev–Trinajstić information content (AvgIpc) is 3.18. The summed E-state index contributed by atoms with van der Waals surface area (Å²) in [7, 11) is 0. The van der Waals surface area contributed by atoms with E-state index in [0.717, 1.165) is 5.56 Å². The predicted molar refractivity (Wildman–Crippen MR) is 98.8 cm³/mol. The molecule has 8 nitrogen and oxygen atoms in total. The molecule has 1 heterocycles. The summed E-state index contributed by atoms with van der Waals surface area (Å²) >= 11 is 0. The van der Waals surface area contributed by atoms with Crippen LogP contribution in [0, 0.1) is 0 Å². The lowest BCUT2D eigenvalue weighted by atomic mass is 10.2. The molecule has 0 atom stereocenters. The van der Waals surface area contributed by atoms with Crippen molar-refractivity contribution in [1.82, 2.24) is 15.5 Å². The number of hydrogen-bond acceptors (Lipinski definition) is 6. The van der Waals surface area contributed by atoms with Crippen LogP contribution in [0.4, 0.5) is 10.5 Å². The molecule has 8 heteroatoms. The zero-order chi connectivity index (χ0) is 19.1. The molecule has 0 unspecified atom stereocenters. The van der Waals surface area contributed by atoms with E-state index >= 15 is 0 Å². The summed E-state index contributed by atoms with van der Waals surface area (Å²) in [6.45, 7) is 1.76. The number of benzene rings is 2. The summed E-state index contributed by atoms with van der Waals surface area (Å²) < 4.78 is 10.5. The molecule has 0 radical (unpaired) electrons. The predicted octanol–water partition coefficient (Wildman–Crippen LogP) is 3.09. The summed E-state index contributed by atoms with van der Waals surface area (Å²) in [5.74, 6) is 0.251. The van der Waals surface area contributed by atoms with Gasteiger partial charge in [0.15, 0.2) is 0 Å². The lowest BCUT2D eigenvalue weighted by Crippen LogP contribution is -2.34. The van der Waals surface area contributed by atoms with Crippen LogP contribution in [0.15, 0.2) is 59.0 Å². The molecule has 0 aliphatic carbocycles. The number of ether oxygens (including phenoxy) is 1. The van der Waals surface area contributed by atoms with Crippen LogP contribution in [-0.4, -0.2) is 35.3 Å². The molecule has 1 aromatic heterocycles. The summed E-state index contributed by atoms with van der Waals surface area (Å²) in [6, 6.07) is 15.9.